The van der Waals surface area contributed by atoms with Crippen LogP contribution in [0.25, 0.3) is 0 Å². The fraction of sp³-hybridized carbons (Fsp3) is 0.263. The summed E-state index contributed by atoms with van der Waals surface area (Å²) in [5, 5.41) is 2.78. The Balaban J connectivity index is 1.82. The molecule has 5 nitrogen and oxygen atoms in total. The number of hydrogen-bond donors (Lipinski definition) is 1. The van der Waals surface area contributed by atoms with Gasteiger partial charge >= 0.3 is 0 Å². The van der Waals surface area contributed by atoms with Crippen LogP contribution in [0.4, 0.5) is 11.4 Å². The Morgan fingerprint density at radius 3 is 2.71 bits per heavy atom. The molecule has 0 radical (unpaired) electrons. The van der Waals surface area contributed by atoms with Crippen molar-refractivity contribution in [3.05, 3.63) is 53.6 Å². The summed E-state index contributed by atoms with van der Waals surface area (Å²) in [7, 11) is 0. The molecule has 0 aliphatic carbocycles. The summed E-state index contributed by atoms with van der Waals surface area (Å²) in [6.45, 7) is 5.66. The lowest BCUT2D eigenvalue weighted by atomic mass is 10.1. The van der Waals surface area contributed by atoms with Gasteiger partial charge < -0.3 is 10.1 Å². The number of hydrogen-bond acceptors (Lipinski definition) is 3. The molecule has 1 N–H and O–H groups in total. The van der Waals surface area contributed by atoms with E-state index in [2.05, 4.69) is 5.32 Å². The standard InChI is InChI=1S/C19H20N2O3/c1-12-8-9-17(13(2)10-12)24-14(3)19(23)21-11-18(22)20-15-6-4-5-7-16(15)21/h4-10,14H,11H2,1-3H3,(H,20,22)/t14-/m1/s1. The summed E-state index contributed by atoms with van der Waals surface area (Å²) in [6.07, 6.45) is -0.689. The number of anilines is 2. The van der Waals surface area contributed by atoms with Crippen molar-refractivity contribution in [1.82, 2.24) is 0 Å². The summed E-state index contributed by atoms with van der Waals surface area (Å²) < 4.78 is 5.84. The number of rotatable bonds is 3. The highest BCUT2D eigenvalue weighted by Gasteiger charge is 2.30. The summed E-state index contributed by atoms with van der Waals surface area (Å²) in [6, 6.07) is 13.1. The topological polar surface area (TPSA) is 58.6 Å². The monoisotopic (exact) mass is 324 g/mol. The van der Waals surface area contributed by atoms with Crippen molar-refractivity contribution < 1.29 is 14.3 Å². The number of benzene rings is 2. The molecule has 2 aromatic rings. The first-order valence-corrected chi connectivity index (χ1v) is 7.90. The van der Waals surface area contributed by atoms with E-state index in [1.165, 1.54) is 4.90 Å². The van der Waals surface area contributed by atoms with Crippen molar-refractivity contribution in [2.75, 3.05) is 16.8 Å². The molecule has 2 aromatic carbocycles. The van der Waals surface area contributed by atoms with E-state index in [1.807, 2.05) is 50.2 Å². The minimum atomic E-state index is -0.689. The largest absolute Gasteiger partial charge is 0.481 e. The van der Waals surface area contributed by atoms with Crippen molar-refractivity contribution >= 4 is 23.2 Å². The lowest BCUT2D eigenvalue weighted by Gasteiger charge is -2.31. The Bertz CT molecular complexity index is 801. The third-order valence-electron chi connectivity index (χ3n) is 4.02. The molecule has 3 rings (SSSR count). The maximum Gasteiger partial charge on any atom is 0.268 e. The summed E-state index contributed by atoms with van der Waals surface area (Å²) in [5.74, 6) is 0.231. The number of carbonyl (C=O) groups excluding carboxylic acids is 2. The van der Waals surface area contributed by atoms with Crippen LogP contribution in [0.2, 0.25) is 0 Å². The first-order chi connectivity index (χ1) is 11.5. The average Bonchev–Trinajstić information content (AvgIpc) is 2.55. The van der Waals surface area contributed by atoms with Crippen LogP contribution in [-0.4, -0.2) is 24.5 Å². The van der Waals surface area contributed by atoms with Crippen molar-refractivity contribution in [2.24, 2.45) is 0 Å². The first kappa shape index (κ1) is 16.1. The van der Waals surface area contributed by atoms with Crippen LogP contribution >= 0.6 is 0 Å². The molecule has 5 heteroatoms. The van der Waals surface area contributed by atoms with Crippen LogP contribution in [0.3, 0.4) is 0 Å². The zero-order valence-corrected chi connectivity index (χ0v) is 14.0. The van der Waals surface area contributed by atoms with E-state index in [0.29, 0.717) is 17.1 Å². The number of ether oxygens (including phenoxy) is 1. The van der Waals surface area contributed by atoms with Crippen LogP contribution in [0.15, 0.2) is 42.5 Å². The van der Waals surface area contributed by atoms with E-state index in [0.717, 1.165) is 11.1 Å². The SMILES string of the molecule is Cc1ccc(O[C@H](C)C(=O)N2CC(=O)Nc3ccccc32)c(C)c1. The Hall–Kier alpha value is -2.82. The van der Waals surface area contributed by atoms with Crippen LogP contribution in [0.5, 0.6) is 5.75 Å². The first-order valence-electron chi connectivity index (χ1n) is 7.90. The Kier molecular flexibility index (Phi) is 4.25. The number of para-hydroxylation sites is 2. The van der Waals surface area contributed by atoms with Crippen LogP contribution < -0.4 is 15.0 Å². The maximum absolute atomic E-state index is 12.8. The van der Waals surface area contributed by atoms with Gasteiger partial charge in [0, 0.05) is 0 Å². The van der Waals surface area contributed by atoms with Gasteiger partial charge in [0.25, 0.3) is 5.91 Å². The van der Waals surface area contributed by atoms with E-state index >= 15 is 0 Å². The normalized spacial score (nSPS) is 14.6. The van der Waals surface area contributed by atoms with E-state index < -0.39 is 6.10 Å². The van der Waals surface area contributed by atoms with Gasteiger partial charge in [0.05, 0.1) is 11.4 Å². The van der Waals surface area contributed by atoms with Crippen LogP contribution in [-0.2, 0) is 9.59 Å². The second-order valence-corrected chi connectivity index (χ2v) is 6.02. The second-order valence-electron chi connectivity index (χ2n) is 6.02. The van der Waals surface area contributed by atoms with Gasteiger partial charge in [0.1, 0.15) is 12.3 Å². The van der Waals surface area contributed by atoms with Gasteiger partial charge in [-0.15, -0.1) is 0 Å². The van der Waals surface area contributed by atoms with Crippen molar-refractivity contribution in [1.29, 1.82) is 0 Å². The molecular formula is C19H20N2O3. The predicted octanol–water partition coefficient (Wildman–Crippen LogP) is 3.06. The lowest BCUT2D eigenvalue weighted by molar-refractivity contribution is -0.126. The summed E-state index contributed by atoms with van der Waals surface area (Å²) >= 11 is 0. The molecule has 24 heavy (non-hydrogen) atoms. The molecule has 2 amide bonds. The molecule has 1 aliphatic heterocycles. The number of nitrogens with zero attached hydrogens (tertiary/aromatic N) is 1. The zero-order valence-electron chi connectivity index (χ0n) is 14.0. The maximum atomic E-state index is 12.8. The highest BCUT2D eigenvalue weighted by atomic mass is 16.5. The molecule has 124 valence electrons. The van der Waals surface area contributed by atoms with E-state index in [-0.39, 0.29) is 18.4 Å². The third kappa shape index (κ3) is 3.11. The summed E-state index contributed by atoms with van der Waals surface area (Å²) in [4.78, 5) is 26.2. The number of nitrogens with one attached hydrogen (secondary N) is 1. The molecule has 0 fully saturated rings. The Labute approximate surface area is 141 Å². The fourth-order valence-electron chi connectivity index (χ4n) is 2.82. The molecule has 0 spiro atoms. The van der Waals surface area contributed by atoms with Gasteiger partial charge in [-0.1, -0.05) is 29.8 Å². The quantitative estimate of drug-likeness (QED) is 0.944. The molecule has 0 saturated carbocycles. The third-order valence-corrected chi connectivity index (χ3v) is 4.02. The van der Waals surface area contributed by atoms with Gasteiger partial charge in [-0.25, -0.2) is 0 Å². The van der Waals surface area contributed by atoms with Crippen molar-refractivity contribution in [3.8, 4) is 5.75 Å². The van der Waals surface area contributed by atoms with Crippen LogP contribution in [0, 0.1) is 13.8 Å². The van der Waals surface area contributed by atoms with Gasteiger partial charge in [0.15, 0.2) is 6.10 Å². The molecule has 1 atom stereocenters. The zero-order chi connectivity index (χ0) is 17.3. The number of fused-ring (bicyclic) bond motifs is 1. The van der Waals surface area contributed by atoms with E-state index in [1.54, 1.807) is 13.0 Å². The fourth-order valence-corrected chi connectivity index (χ4v) is 2.82. The minimum Gasteiger partial charge on any atom is -0.481 e. The molecule has 0 bridgehead atoms. The molecule has 0 aromatic heterocycles. The minimum absolute atomic E-state index is 0.00354. The molecule has 0 unspecified atom stereocenters. The average molecular weight is 324 g/mol. The van der Waals surface area contributed by atoms with Crippen molar-refractivity contribution in [2.45, 2.75) is 26.9 Å². The number of aryl methyl sites for hydroxylation is 2. The summed E-state index contributed by atoms with van der Waals surface area (Å²) in [5.41, 5.74) is 3.45. The Morgan fingerprint density at radius 2 is 1.96 bits per heavy atom. The van der Waals surface area contributed by atoms with Gasteiger partial charge in [-0.05, 0) is 44.5 Å². The van der Waals surface area contributed by atoms with E-state index in [4.69, 9.17) is 4.74 Å². The van der Waals surface area contributed by atoms with Gasteiger partial charge in [-0.2, -0.15) is 0 Å². The van der Waals surface area contributed by atoms with Gasteiger partial charge in [0.2, 0.25) is 5.91 Å². The molecule has 1 heterocycles. The van der Waals surface area contributed by atoms with E-state index in [9.17, 15) is 9.59 Å². The molecule has 1 aliphatic rings. The molecular weight excluding hydrogens is 304 g/mol. The molecule has 0 saturated heterocycles. The van der Waals surface area contributed by atoms with Crippen LogP contribution in [0.1, 0.15) is 18.1 Å². The lowest BCUT2D eigenvalue weighted by Crippen LogP contribution is -2.47. The Morgan fingerprint density at radius 1 is 1.21 bits per heavy atom. The van der Waals surface area contributed by atoms with Gasteiger partial charge in [-0.3, -0.25) is 14.5 Å². The predicted molar refractivity (Wildman–Crippen MR) is 93.4 cm³/mol. The number of carbonyl (C=O) groups is 2. The highest BCUT2D eigenvalue weighted by molar-refractivity contribution is 6.10. The van der Waals surface area contributed by atoms with Crippen molar-refractivity contribution in [3.63, 3.8) is 0 Å². The number of amides is 2. The smallest absolute Gasteiger partial charge is 0.268 e. The second kappa shape index (κ2) is 6.35. The highest BCUT2D eigenvalue weighted by Crippen LogP contribution is 2.30.